The van der Waals surface area contributed by atoms with Gasteiger partial charge in [-0.05, 0) is 90.8 Å². The molecule has 6 N–H and O–H groups in total. The van der Waals surface area contributed by atoms with Crippen molar-refractivity contribution in [3.8, 4) is 27.5 Å². The molecule has 5 aromatic rings. The summed E-state index contributed by atoms with van der Waals surface area (Å²) in [6.45, 7) is 0. The Hall–Kier alpha value is -3.87. The maximum atomic E-state index is 14.9. The fraction of sp³-hybridized carbons (Fsp3) is 0.265. The van der Waals surface area contributed by atoms with Crippen molar-refractivity contribution >= 4 is 28.7 Å². The highest BCUT2D eigenvalue weighted by molar-refractivity contribution is 7.89. The van der Waals surface area contributed by atoms with Crippen LogP contribution in [-0.4, -0.2) is 35.9 Å². The second kappa shape index (κ2) is 12.9. The van der Waals surface area contributed by atoms with E-state index < -0.39 is 23.1 Å². The molecule has 45 heavy (non-hydrogen) atoms. The SMILES string of the molecule is N[S+](O)c1ccc(Cc2c(-c3cccc(-c4ccc5c(c4)CCCC5)c3)nn(-c3nc(C(=O)O)cs3)c2CC2CC2)cc1F.O. The number of benzene rings is 3. The van der Waals surface area contributed by atoms with Crippen molar-refractivity contribution in [2.45, 2.75) is 56.3 Å². The van der Waals surface area contributed by atoms with E-state index in [0.717, 1.165) is 71.3 Å². The van der Waals surface area contributed by atoms with E-state index in [9.17, 15) is 18.8 Å². The van der Waals surface area contributed by atoms with Gasteiger partial charge in [-0.1, -0.05) is 42.5 Å². The fourth-order valence-electron chi connectivity index (χ4n) is 6.11. The van der Waals surface area contributed by atoms with E-state index in [1.165, 1.54) is 52.8 Å². The summed E-state index contributed by atoms with van der Waals surface area (Å²) < 4.78 is 26.5. The first-order valence-corrected chi connectivity index (χ1v) is 17.0. The molecule has 0 saturated heterocycles. The van der Waals surface area contributed by atoms with Gasteiger partial charge >= 0.3 is 5.97 Å². The van der Waals surface area contributed by atoms with E-state index in [1.807, 2.05) is 12.1 Å². The molecule has 2 aliphatic carbocycles. The predicted molar refractivity (Wildman–Crippen MR) is 175 cm³/mol. The number of nitrogens with zero attached hydrogens (tertiary/aromatic N) is 3. The number of aromatic carboxylic acids is 1. The van der Waals surface area contributed by atoms with Crippen molar-refractivity contribution in [3.05, 3.63) is 106 Å². The highest BCUT2D eigenvalue weighted by Crippen LogP contribution is 2.39. The van der Waals surface area contributed by atoms with Crippen molar-refractivity contribution in [2.24, 2.45) is 11.1 Å². The van der Waals surface area contributed by atoms with Crippen LogP contribution in [0.25, 0.3) is 27.5 Å². The van der Waals surface area contributed by atoms with Crippen LogP contribution in [0.15, 0.2) is 70.9 Å². The molecular weight excluding hydrogens is 612 g/mol. The van der Waals surface area contributed by atoms with Crippen LogP contribution >= 0.6 is 11.3 Å². The Morgan fingerprint density at radius 1 is 1.02 bits per heavy atom. The Morgan fingerprint density at radius 2 is 1.78 bits per heavy atom. The largest absolute Gasteiger partial charge is 0.476 e. The number of thiazole rings is 1. The van der Waals surface area contributed by atoms with Gasteiger partial charge in [0, 0.05) is 29.0 Å². The molecule has 3 aromatic carbocycles. The molecule has 0 amide bonds. The molecule has 1 atom stereocenters. The second-order valence-corrected chi connectivity index (χ2v) is 13.6. The Labute approximate surface area is 267 Å². The van der Waals surface area contributed by atoms with Crippen molar-refractivity contribution in [1.82, 2.24) is 14.8 Å². The lowest BCUT2D eigenvalue weighted by Crippen LogP contribution is -2.13. The van der Waals surface area contributed by atoms with Gasteiger partial charge < -0.3 is 10.6 Å². The lowest BCUT2D eigenvalue weighted by Gasteiger charge is -2.17. The van der Waals surface area contributed by atoms with Gasteiger partial charge in [0.05, 0.1) is 11.4 Å². The Bertz CT molecular complexity index is 1880. The van der Waals surface area contributed by atoms with E-state index in [-0.39, 0.29) is 16.1 Å². The molecule has 0 spiro atoms. The first kappa shape index (κ1) is 31.1. The minimum absolute atomic E-state index is 0. The highest BCUT2D eigenvalue weighted by atomic mass is 32.2. The van der Waals surface area contributed by atoms with Crippen LogP contribution < -0.4 is 5.14 Å². The number of rotatable bonds is 9. The van der Waals surface area contributed by atoms with Crippen LogP contribution in [0.3, 0.4) is 0 Å². The van der Waals surface area contributed by atoms with Crippen molar-refractivity contribution in [2.75, 3.05) is 0 Å². The number of hydrogen-bond donors (Lipinski definition) is 3. The van der Waals surface area contributed by atoms with Gasteiger partial charge in [-0.3, -0.25) is 0 Å². The number of carbonyl (C=O) groups is 1. The molecule has 7 rings (SSSR count). The number of nitrogens with two attached hydrogens (primary N) is 1. The molecule has 1 unspecified atom stereocenters. The number of fused-ring (bicyclic) bond motifs is 1. The van der Waals surface area contributed by atoms with Crippen LogP contribution in [0.4, 0.5) is 4.39 Å². The topological polar surface area (TPSA) is 146 Å². The molecule has 0 bridgehead atoms. The summed E-state index contributed by atoms with van der Waals surface area (Å²) in [7, 11) is 0. The summed E-state index contributed by atoms with van der Waals surface area (Å²) in [6, 6.07) is 19.9. The third-order valence-electron chi connectivity index (χ3n) is 8.58. The summed E-state index contributed by atoms with van der Waals surface area (Å²) in [5.74, 6) is -1.13. The third-order valence-corrected chi connectivity index (χ3v) is 10.2. The molecule has 1 fully saturated rings. The predicted octanol–water partition coefficient (Wildman–Crippen LogP) is 6.42. The highest BCUT2D eigenvalue weighted by Gasteiger charge is 2.30. The zero-order valence-electron chi connectivity index (χ0n) is 24.5. The maximum Gasteiger partial charge on any atom is 0.355 e. The first-order chi connectivity index (χ1) is 21.3. The quantitative estimate of drug-likeness (QED) is 0.158. The number of hydrogen-bond acceptors (Lipinski definition) is 6. The van der Waals surface area contributed by atoms with E-state index in [2.05, 4.69) is 35.3 Å². The number of halogens is 1. The van der Waals surface area contributed by atoms with Gasteiger partial charge in [-0.15, -0.1) is 16.5 Å². The van der Waals surface area contributed by atoms with Crippen LogP contribution in [0.2, 0.25) is 0 Å². The maximum absolute atomic E-state index is 14.9. The Balaban J connectivity index is 0.00000357. The number of aromatic nitrogens is 3. The smallest absolute Gasteiger partial charge is 0.355 e. The Morgan fingerprint density at radius 3 is 2.49 bits per heavy atom. The minimum atomic E-state index is -1.67. The van der Waals surface area contributed by atoms with Gasteiger partial charge in [0.2, 0.25) is 10.0 Å². The van der Waals surface area contributed by atoms with Gasteiger partial charge in [0.1, 0.15) is 0 Å². The summed E-state index contributed by atoms with van der Waals surface area (Å²) >= 11 is -0.430. The van der Waals surface area contributed by atoms with Crippen LogP contribution in [0, 0.1) is 11.7 Å². The molecule has 0 radical (unpaired) electrons. The molecule has 11 heteroatoms. The van der Waals surface area contributed by atoms with Crippen molar-refractivity contribution < 1.29 is 24.3 Å². The standard InChI is InChI=1S/C34H31FN4O3S2.H2O/c35-28-15-21(10-13-31(28)44(36)42)14-27-30(16-20-8-9-20)39(34-37-29(19-43-34)33(40)41)38-32(27)26-7-3-6-24(18-26)25-12-11-22-4-1-2-5-23(22)17-25;/h3,6-7,10-13,15,17-20,42H,1-2,4-5,8-9,14,16,36H2;1H2/p+1. The lowest BCUT2D eigenvalue weighted by atomic mass is 9.88. The zero-order valence-corrected chi connectivity index (χ0v) is 26.1. The Kier molecular flexibility index (Phi) is 8.89. The molecule has 0 aliphatic heterocycles. The van der Waals surface area contributed by atoms with Crippen molar-refractivity contribution in [3.63, 3.8) is 0 Å². The molecule has 2 aliphatic rings. The van der Waals surface area contributed by atoms with Gasteiger partial charge in [-0.25, -0.2) is 18.9 Å². The van der Waals surface area contributed by atoms with Crippen molar-refractivity contribution in [1.29, 1.82) is 0 Å². The van der Waals surface area contributed by atoms with E-state index in [4.69, 9.17) is 10.2 Å². The van der Waals surface area contributed by atoms with Gasteiger partial charge in [-0.2, -0.15) is 9.65 Å². The van der Waals surface area contributed by atoms with E-state index in [1.54, 1.807) is 10.7 Å². The summed E-state index contributed by atoms with van der Waals surface area (Å²) in [6.07, 6.45) is 8.08. The number of carboxylic acids is 1. The molecule has 2 aromatic heterocycles. The molecule has 8 nitrogen and oxygen atoms in total. The van der Waals surface area contributed by atoms with Gasteiger partial charge in [0.15, 0.2) is 11.5 Å². The minimum Gasteiger partial charge on any atom is -0.476 e. The summed E-state index contributed by atoms with van der Waals surface area (Å²) in [4.78, 5) is 16.1. The van der Waals surface area contributed by atoms with Crippen LogP contribution in [0.5, 0.6) is 0 Å². The molecule has 232 valence electrons. The number of aryl methyl sites for hydroxylation is 2. The zero-order chi connectivity index (χ0) is 30.4. The van der Waals surface area contributed by atoms with Crippen LogP contribution in [-0.2, 0) is 37.0 Å². The summed E-state index contributed by atoms with van der Waals surface area (Å²) in [5, 5.41) is 22.2. The summed E-state index contributed by atoms with van der Waals surface area (Å²) in [5.41, 5.74) is 9.42. The average Bonchev–Trinajstić information content (AvgIpc) is 3.58. The van der Waals surface area contributed by atoms with Gasteiger partial charge in [0.25, 0.3) is 11.4 Å². The second-order valence-electron chi connectivity index (χ2n) is 11.7. The number of carboxylic acid groups (broad SMARTS) is 1. The third kappa shape index (κ3) is 6.45. The fourth-order valence-corrected chi connectivity index (χ4v) is 7.35. The monoisotopic (exact) mass is 645 g/mol. The normalized spacial score (nSPS) is 14.9. The average molecular weight is 646 g/mol. The molecular formula is C34H34FN4O4S2+. The first-order valence-electron chi connectivity index (χ1n) is 14.8. The molecule has 1 saturated carbocycles. The van der Waals surface area contributed by atoms with E-state index in [0.29, 0.717) is 17.5 Å². The van der Waals surface area contributed by atoms with Crippen LogP contribution in [0.1, 0.15) is 64.1 Å². The van der Waals surface area contributed by atoms with E-state index >= 15 is 0 Å². The lowest BCUT2D eigenvalue weighted by molar-refractivity contribution is 0.0691. The molecule has 2 heterocycles.